The molecule has 2 aromatic carbocycles. The second-order valence-corrected chi connectivity index (χ2v) is 7.49. The van der Waals surface area contributed by atoms with Crippen molar-refractivity contribution in [1.29, 1.82) is 0 Å². The van der Waals surface area contributed by atoms with Crippen molar-refractivity contribution in [2.24, 2.45) is 0 Å². The summed E-state index contributed by atoms with van der Waals surface area (Å²) in [5.74, 6) is 0.0838. The van der Waals surface area contributed by atoms with E-state index in [2.05, 4.69) is 41.3 Å². The fourth-order valence-electron chi connectivity index (χ4n) is 4.35. The zero-order valence-electron chi connectivity index (χ0n) is 15.9. The van der Waals surface area contributed by atoms with Crippen molar-refractivity contribution >= 4 is 11.6 Å². The SMILES string of the molecule is O=C(c1nn(-c2ccccc2)c2c1CCC2)N1CCN(c2ccccc2)CC1. The lowest BCUT2D eigenvalue weighted by Gasteiger charge is -2.36. The molecule has 5 rings (SSSR count). The second-order valence-electron chi connectivity index (χ2n) is 7.49. The molecule has 1 aromatic heterocycles. The highest BCUT2D eigenvalue weighted by atomic mass is 16.2. The van der Waals surface area contributed by atoms with Crippen LogP contribution in [-0.2, 0) is 12.8 Å². The lowest BCUT2D eigenvalue weighted by Crippen LogP contribution is -2.49. The van der Waals surface area contributed by atoms with E-state index >= 15 is 0 Å². The van der Waals surface area contributed by atoms with E-state index in [4.69, 9.17) is 5.10 Å². The Morgan fingerprint density at radius 1 is 0.786 bits per heavy atom. The highest BCUT2D eigenvalue weighted by molar-refractivity contribution is 5.94. The van der Waals surface area contributed by atoms with E-state index < -0.39 is 0 Å². The number of hydrogen-bond donors (Lipinski definition) is 0. The number of fused-ring (bicyclic) bond motifs is 1. The average Bonchev–Trinajstić information content (AvgIpc) is 3.38. The molecule has 0 atom stereocenters. The number of amides is 1. The van der Waals surface area contributed by atoms with Crippen LogP contribution in [0.25, 0.3) is 5.69 Å². The third-order valence-electron chi connectivity index (χ3n) is 5.82. The first-order valence-corrected chi connectivity index (χ1v) is 10.1. The molecule has 0 spiro atoms. The van der Waals surface area contributed by atoms with Crippen molar-refractivity contribution in [1.82, 2.24) is 14.7 Å². The maximum Gasteiger partial charge on any atom is 0.274 e. The maximum atomic E-state index is 13.3. The van der Waals surface area contributed by atoms with Crippen LogP contribution in [0.4, 0.5) is 5.69 Å². The topological polar surface area (TPSA) is 41.4 Å². The van der Waals surface area contributed by atoms with Gasteiger partial charge in [-0.2, -0.15) is 5.10 Å². The minimum atomic E-state index is 0.0838. The Bertz CT molecular complexity index is 973. The summed E-state index contributed by atoms with van der Waals surface area (Å²) in [5.41, 5.74) is 5.28. The van der Waals surface area contributed by atoms with Gasteiger partial charge in [0.15, 0.2) is 5.69 Å². The van der Waals surface area contributed by atoms with Gasteiger partial charge < -0.3 is 9.80 Å². The standard InChI is InChI=1S/C23H24N4O/c28-23(26-16-14-25(15-17-26)18-8-3-1-4-9-18)22-20-12-7-13-21(20)27(24-22)19-10-5-2-6-11-19/h1-6,8-11H,7,12-17H2. The lowest BCUT2D eigenvalue weighted by atomic mass is 10.1. The number of anilines is 1. The van der Waals surface area contributed by atoms with Gasteiger partial charge in [-0.25, -0.2) is 4.68 Å². The Balaban J connectivity index is 1.37. The number of piperazine rings is 1. The van der Waals surface area contributed by atoms with Crippen molar-refractivity contribution < 1.29 is 4.79 Å². The molecule has 0 unspecified atom stereocenters. The molecule has 2 aliphatic rings. The summed E-state index contributed by atoms with van der Waals surface area (Å²) >= 11 is 0. The molecule has 1 amide bonds. The van der Waals surface area contributed by atoms with E-state index in [-0.39, 0.29) is 5.91 Å². The molecule has 0 saturated carbocycles. The zero-order chi connectivity index (χ0) is 18.9. The fourth-order valence-corrected chi connectivity index (χ4v) is 4.35. The molecule has 3 aromatic rings. The van der Waals surface area contributed by atoms with E-state index in [1.54, 1.807) is 0 Å². The van der Waals surface area contributed by atoms with Gasteiger partial charge in [-0.15, -0.1) is 0 Å². The van der Waals surface area contributed by atoms with Crippen LogP contribution in [0.5, 0.6) is 0 Å². The van der Waals surface area contributed by atoms with Gasteiger partial charge in [0.25, 0.3) is 5.91 Å². The molecule has 1 aliphatic carbocycles. The van der Waals surface area contributed by atoms with Crippen LogP contribution in [0, 0.1) is 0 Å². The quantitative estimate of drug-likeness (QED) is 0.708. The number of hydrogen-bond acceptors (Lipinski definition) is 3. The van der Waals surface area contributed by atoms with Gasteiger partial charge in [-0.3, -0.25) is 4.79 Å². The van der Waals surface area contributed by atoms with Gasteiger partial charge in [0.2, 0.25) is 0 Å². The van der Waals surface area contributed by atoms with Crippen LogP contribution < -0.4 is 4.90 Å². The first-order valence-electron chi connectivity index (χ1n) is 10.1. The smallest absolute Gasteiger partial charge is 0.274 e. The van der Waals surface area contributed by atoms with E-state index in [1.165, 1.54) is 11.4 Å². The predicted molar refractivity (Wildman–Crippen MR) is 110 cm³/mol. The molecular formula is C23H24N4O. The van der Waals surface area contributed by atoms with Gasteiger partial charge in [-0.05, 0) is 43.5 Å². The molecule has 0 radical (unpaired) electrons. The number of carbonyl (C=O) groups is 1. The number of carbonyl (C=O) groups excluding carboxylic acids is 1. The van der Waals surface area contributed by atoms with Gasteiger partial charge in [0, 0.05) is 43.1 Å². The number of aromatic nitrogens is 2. The fraction of sp³-hybridized carbons (Fsp3) is 0.304. The van der Waals surface area contributed by atoms with Crippen LogP contribution >= 0.6 is 0 Å². The van der Waals surface area contributed by atoms with Crippen molar-refractivity contribution in [3.63, 3.8) is 0 Å². The third kappa shape index (κ3) is 2.97. The van der Waals surface area contributed by atoms with E-state index in [1.807, 2.05) is 33.8 Å². The van der Waals surface area contributed by atoms with Crippen molar-refractivity contribution in [2.45, 2.75) is 19.3 Å². The Morgan fingerprint density at radius 2 is 1.43 bits per heavy atom. The summed E-state index contributed by atoms with van der Waals surface area (Å²) in [6, 6.07) is 20.6. The molecule has 0 bridgehead atoms. The molecule has 1 fully saturated rings. The molecule has 2 heterocycles. The molecule has 1 saturated heterocycles. The Hall–Kier alpha value is -3.08. The van der Waals surface area contributed by atoms with Crippen LogP contribution in [0.3, 0.4) is 0 Å². The van der Waals surface area contributed by atoms with Crippen LogP contribution in [0.1, 0.15) is 28.2 Å². The number of para-hydroxylation sites is 2. The molecule has 142 valence electrons. The first-order chi connectivity index (χ1) is 13.8. The molecule has 0 N–H and O–H groups in total. The molecule has 28 heavy (non-hydrogen) atoms. The summed E-state index contributed by atoms with van der Waals surface area (Å²) in [6.07, 6.45) is 3.04. The normalized spacial score (nSPS) is 16.3. The molecule has 5 nitrogen and oxygen atoms in total. The first kappa shape index (κ1) is 17.0. The van der Waals surface area contributed by atoms with Gasteiger partial charge in [-0.1, -0.05) is 36.4 Å². The zero-order valence-corrected chi connectivity index (χ0v) is 15.9. The average molecular weight is 372 g/mol. The minimum absolute atomic E-state index is 0.0838. The molecule has 5 heteroatoms. The summed E-state index contributed by atoms with van der Waals surface area (Å²) in [6.45, 7) is 3.19. The van der Waals surface area contributed by atoms with Crippen molar-refractivity contribution in [3.8, 4) is 5.69 Å². The Kier molecular flexibility index (Phi) is 4.35. The molecular weight excluding hydrogens is 348 g/mol. The minimum Gasteiger partial charge on any atom is -0.368 e. The number of nitrogens with zero attached hydrogens (tertiary/aromatic N) is 4. The largest absolute Gasteiger partial charge is 0.368 e. The second kappa shape index (κ2) is 7.15. The highest BCUT2D eigenvalue weighted by Crippen LogP contribution is 2.29. The third-order valence-corrected chi connectivity index (χ3v) is 5.82. The van der Waals surface area contributed by atoms with Crippen molar-refractivity contribution in [3.05, 3.63) is 77.6 Å². The van der Waals surface area contributed by atoms with E-state index in [9.17, 15) is 4.79 Å². The monoisotopic (exact) mass is 372 g/mol. The van der Waals surface area contributed by atoms with Crippen LogP contribution in [0.15, 0.2) is 60.7 Å². The van der Waals surface area contributed by atoms with E-state index in [0.717, 1.165) is 56.7 Å². The van der Waals surface area contributed by atoms with Crippen LogP contribution in [0.2, 0.25) is 0 Å². The number of rotatable bonds is 3. The number of benzene rings is 2. The van der Waals surface area contributed by atoms with Gasteiger partial charge in [0.05, 0.1) is 5.69 Å². The predicted octanol–water partition coefficient (Wildman–Crippen LogP) is 3.32. The summed E-state index contributed by atoms with van der Waals surface area (Å²) in [4.78, 5) is 17.6. The maximum absolute atomic E-state index is 13.3. The molecule has 1 aliphatic heterocycles. The van der Waals surface area contributed by atoms with Gasteiger partial charge in [0.1, 0.15) is 0 Å². The lowest BCUT2D eigenvalue weighted by molar-refractivity contribution is 0.0739. The summed E-state index contributed by atoms with van der Waals surface area (Å²) in [5, 5.41) is 4.77. The van der Waals surface area contributed by atoms with Crippen molar-refractivity contribution in [2.75, 3.05) is 31.1 Å². The van der Waals surface area contributed by atoms with Gasteiger partial charge >= 0.3 is 0 Å². The summed E-state index contributed by atoms with van der Waals surface area (Å²) < 4.78 is 1.98. The van der Waals surface area contributed by atoms with E-state index in [0.29, 0.717) is 5.69 Å². The Morgan fingerprint density at radius 3 is 2.11 bits per heavy atom. The highest BCUT2D eigenvalue weighted by Gasteiger charge is 2.31. The summed E-state index contributed by atoms with van der Waals surface area (Å²) in [7, 11) is 0. The Labute approximate surface area is 165 Å². The van der Waals surface area contributed by atoms with Crippen LogP contribution in [-0.4, -0.2) is 46.8 Å².